The molecule has 26 heavy (non-hydrogen) atoms. The Morgan fingerprint density at radius 2 is 1.73 bits per heavy atom. The molecule has 7 heteroatoms. The number of benzene rings is 2. The maximum atomic E-state index is 12.8. The third-order valence-corrected chi connectivity index (χ3v) is 3.36. The maximum absolute atomic E-state index is 12.8. The van der Waals surface area contributed by atoms with Crippen LogP contribution in [0.3, 0.4) is 0 Å². The highest BCUT2D eigenvalue weighted by Crippen LogP contribution is 2.17. The molecule has 136 valence electrons. The Bertz CT molecular complexity index is 789. The summed E-state index contributed by atoms with van der Waals surface area (Å²) >= 11 is 0. The average Bonchev–Trinajstić information content (AvgIpc) is 2.65. The van der Waals surface area contributed by atoms with Gasteiger partial charge in [0, 0.05) is 5.56 Å². The minimum absolute atomic E-state index is 0.230. The minimum atomic E-state index is -0.761. The molecular formula is C19H18FNO5. The van der Waals surface area contributed by atoms with Crippen LogP contribution in [-0.4, -0.2) is 37.4 Å². The number of Topliss-reactive ketones (excluding diaryl/α,β-unsaturated/α-hetero) is 1. The monoisotopic (exact) mass is 359 g/mol. The average molecular weight is 359 g/mol. The number of hydrogen-bond acceptors (Lipinski definition) is 5. The van der Waals surface area contributed by atoms with E-state index in [2.05, 4.69) is 5.32 Å². The summed E-state index contributed by atoms with van der Waals surface area (Å²) in [7, 11) is 0. The second-order valence-electron chi connectivity index (χ2n) is 5.20. The summed E-state index contributed by atoms with van der Waals surface area (Å²) in [6.07, 6.45) is 0. The third-order valence-electron chi connectivity index (χ3n) is 3.36. The molecule has 0 radical (unpaired) electrons. The number of carbonyl (C=O) groups is 3. The lowest BCUT2D eigenvalue weighted by molar-refractivity contribution is -0.141. The van der Waals surface area contributed by atoms with E-state index in [4.69, 9.17) is 9.47 Å². The number of carbonyl (C=O) groups excluding carboxylic acids is 3. The van der Waals surface area contributed by atoms with E-state index in [1.807, 2.05) is 0 Å². The number of halogens is 1. The van der Waals surface area contributed by atoms with Crippen molar-refractivity contribution in [1.29, 1.82) is 0 Å². The highest BCUT2D eigenvalue weighted by molar-refractivity contribution is 5.99. The summed E-state index contributed by atoms with van der Waals surface area (Å²) in [4.78, 5) is 35.7. The first kappa shape index (κ1) is 19.1. The molecule has 0 heterocycles. The number of nitrogens with one attached hydrogen (secondary N) is 1. The van der Waals surface area contributed by atoms with Crippen molar-refractivity contribution in [3.63, 3.8) is 0 Å². The van der Waals surface area contributed by atoms with Crippen LogP contribution in [0.1, 0.15) is 27.6 Å². The molecule has 0 unspecified atom stereocenters. The van der Waals surface area contributed by atoms with Crippen molar-refractivity contribution in [2.75, 3.05) is 19.8 Å². The topological polar surface area (TPSA) is 81.7 Å². The highest BCUT2D eigenvalue weighted by Gasteiger charge is 2.14. The molecule has 0 aromatic heterocycles. The zero-order valence-corrected chi connectivity index (χ0v) is 14.2. The van der Waals surface area contributed by atoms with Crippen LogP contribution >= 0.6 is 0 Å². The molecule has 0 atom stereocenters. The van der Waals surface area contributed by atoms with Gasteiger partial charge < -0.3 is 14.8 Å². The van der Waals surface area contributed by atoms with E-state index < -0.39 is 36.6 Å². The number of esters is 1. The molecule has 2 aromatic rings. The molecular weight excluding hydrogens is 341 g/mol. The fourth-order valence-corrected chi connectivity index (χ4v) is 2.10. The Kier molecular flexibility index (Phi) is 6.84. The van der Waals surface area contributed by atoms with Gasteiger partial charge in [-0.05, 0) is 43.3 Å². The first-order valence-electron chi connectivity index (χ1n) is 7.95. The van der Waals surface area contributed by atoms with E-state index in [0.717, 1.165) is 12.1 Å². The Balaban J connectivity index is 1.82. The van der Waals surface area contributed by atoms with Gasteiger partial charge in [-0.2, -0.15) is 0 Å². The van der Waals surface area contributed by atoms with Gasteiger partial charge in [0.05, 0.1) is 12.2 Å². The van der Waals surface area contributed by atoms with E-state index in [1.54, 1.807) is 31.2 Å². The molecule has 1 amide bonds. The van der Waals surface area contributed by atoms with E-state index in [1.165, 1.54) is 12.1 Å². The van der Waals surface area contributed by atoms with Gasteiger partial charge in [0.2, 0.25) is 0 Å². The lowest BCUT2D eigenvalue weighted by Gasteiger charge is -2.10. The van der Waals surface area contributed by atoms with Crippen molar-refractivity contribution < 1.29 is 28.2 Å². The molecule has 1 N–H and O–H groups in total. The first-order chi connectivity index (χ1) is 12.5. The van der Waals surface area contributed by atoms with E-state index in [9.17, 15) is 18.8 Å². The van der Waals surface area contributed by atoms with Crippen LogP contribution in [0.25, 0.3) is 0 Å². The van der Waals surface area contributed by atoms with Gasteiger partial charge in [-0.3, -0.25) is 14.4 Å². The SMILES string of the molecule is CCOc1ccccc1C(=O)NCC(=O)OCC(=O)c1ccc(F)cc1. The fraction of sp³-hybridized carbons (Fsp3) is 0.211. The molecule has 6 nitrogen and oxygen atoms in total. The van der Waals surface area contributed by atoms with E-state index in [0.29, 0.717) is 17.9 Å². The number of para-hydroxylation sites is 1. The van der Waals surface area contributed by atoms with Crippen molar-refractivity contribution in [2.24, 2.45) is 0 Å². The Morgan fingerprint density at radius 3 is 2.42 bits per heavy atom. The van der Waals surface area contributed by atoms with Gasteiger partial charge in [0.1, 0.15) is 18.1 Å². The molecule has 2 aromatic carbocycles. The number of ether oxygens (including phenoxy) is 2. The first-order valence-corrected chi connectivity index (χ1v) is 7.95. The Morgan fingerprint density at radius 1 is 1.04 bits per heavy atom. The predicted octanol–water partition coefficient (Wildman–Crippen LogP) is 2.38. The van der Waals surface area contributed by atoms with Crippen LogP contribution < -0.4 is 10.1 Å². The predicted molar refractivity (Wildman–Crippen MR) is 91.6 cm³/mol. The Hall–Kier alpha value is -3.22. The summed E-state index contributed by atoms with van der Waals surface area (Å²) in [5.41, 5.74) is 0.526. The second kappa shape index (κ2) is 9.31. The van der Waals surface area contributed by atoms with E-state index in [-0.39, 0.29) is 5.56 Å². The van der Waals surface area contributed by atoms with Crippen molar-refractivity contribution in [2.45, 2.75) is 6.92 Å². The van der Waals surface area contributed by atoms with Crippen LogP contribution in [0.4, 0.5) is 4.39 Å². The standard InChI is InChI=1S/C19H18FNO5/c1-2-25-17-6-4-3-5-15(17)19(24)21-11-18(23)26-12-16(22)13-7-9-14(20)10-8-13/h3-10H,2,11-12H2,1H3,(H,21,24). The zero-order chi connectivity index (χ0) is 18.9. The quantitative estimate of drug-likeness (QED) is 0.578. The smallest absolute Gasteiger partial charge is 0.325 e. The van der Waals surface area contributed by atoms with Crippen molar-refractivity contribution >= 4 is 17.7 Å². The van der Waals surface area contributed by atoms with Crippen LogP contribution in [0, 0.1) is 5.82 Å². The lowest BCUT2D eigenvalue weighted by Crippen LogP contribution is -2.31. The molecule has 0 fully saturated rings. The highest BCUT2D eigenvalue weighted by atomic mass is 19.1. The van der Waals surface area contributed by atoms with Crippen molar-refractivity contribution in [3.05, 3.63) is 65.5 Å². The normalized spacial score (nSPS) is 10.1. The molecule has 0 spiro atoms. The van der Waals surface area contributed by atoms with Gasteiger partial charge in [-0.1, -0.05) is 12.1 Å². The summed E-state index contributed by atoms with van der Waals surface area (Å²) in [5, 5.41) is 2.41. The molecule has 0 bridgehead atoms. The lowest BCUT2D eigenvalue weighted by atomic mass is 10.1. The zero-order valence-electron chi connectivity index (χ0n) is 14.2. The van der Waals surface area contributed by atoms with Gasteiger partial charge in [-0.15, -0.1) is 0 Å². The number of amides is 1. The van der Waals surface area contributed by atoms with Crippen LogP contribution in [-0.2, 0) is 9.53 Å². The van der Waals surface area contributed by atoms with Gasteiger partial charge >= 0.3 is 5.97 Å². The van der Waals surface area contributed by atoms with Crippen LogP contribution in [0.2, 0.25) is 0 Å². The maximum Gasteiger partial charge on any atom is 0.325 e. The molecule has 0 saturated heterocycles. The van der Waals surface area contributed by atoms with Gasteiger partial charge in [0.15, 0.2) is 12.4 Å². The number of ketones is 1. The number of hydrogen-bond donors (Lipinski definition) is 1. The summed E-state index contributed by atoms with van der Waals surface area (Å²) in [6.45, 7) is 1.31. The molecule has 0 aliphatic rings. The largest absolute Gasteiger partial charge is 0.493 e. The van der Waals surface area contributed by atoms with Gasteiger partial charge in [-0.25, -0.2) is 4.39 Å². The van der Waals surface area contributed by atoms with E-state index >= 15 is 0 Å². The van der Waals surface area contributed by atoms with Crippen molar-refractivity contribution in [1.82, 2.24) is 5.32 Å². The summed E-state index contributed by atoms with van der Waals surface area (Å²) in [5.74, 6) is -1.77. The molecule has 0 aliphatic heterocycles. The second-order valence-corrected chi connectivity index (χ2v) is 5.20. The molecule has 0 aliphatic carbocycles. The summed E-state index contributed by atoms with van der Waals surface area (Å²) < 4.78 is 23.0. The van der Waals surface area contributed by atoms with Crippen LogP contribution in [0.5, 0.6) is 5.75 Å². The molecule has 2 rings (SSSR count). The van der Waals surface area contributed by atoms with Crippen LogP contribution in [0.15, 0.2) is 48.5 Å². The molecule has 0 saturated carbocycles. The number of rotatable bonds is 8. The Labute approximate surface area is 149 Å². The third kappa shape index (κ3) is 5.41. The fourth-order valence-electron chi connectivity index (χ4n) is 2.10. The van der Waals surface area contributed by atoms with Crippen molar-refractivity contribution in [3.8, 4) is 5.75 Å². The minimum Gasteiger partial charge on any atom is -0.493 e. The van der Waals surface area contributed by atoms with Gasteiger partial charge in [0.25, 0.3) is 5.91 Å². The summed E-state index contributed by atoms with van der Waals surface area (Å²) in [6, 6.07) is 11.5.